The smallest absolute Gasteiger partial charge is 0.256 e. The molecule has 3 fully saturated rings. The number of amides is 5. The van der Waals surface area contributed by atoms with Gasteiger partial charge in [-0.05, 0) is 74.4 Å². The molecule has 11 atom stereocenters. The molecule has 4 rings (SSSR count). The van der Waals surface area contributed by atoms with Gasteiger partial charge in [0, 0.05) is 51.7 Å². The third-order valence-electron chi connectivity index (χ3n) is 13.6. The predicted octanol–water partition coefficient (Wildman–Crippen LogP) is 3.40. The lowest BCUT2D eigenvalue weighted by Crippen LogP contribution is -2.60. The highest BCUT2D eigenvalue weighted by Gasteiger charge is 2.49. The molecule has 1 aliphatic carbocycles. The number of nitrogens with zero attached hydrogens (tertiary/aromatic N) is 6. The van der Waals surface area contributed by atoms with Crippen LogP contribution in [0.5, 0.6) is 0 Å². The second-order valence-corrected chi connectivity index (χ2v) is 19.8. The Kier molecular flexibility index (Phi) is 19.2. The summed E-state index contributed by atoms with van der Waals surface area (Å²) in [4.78, 5) is 78.1. The largest absolute Gasteiger partial charge is 0.379 e. The third kappa shape index (κ3) is 13.1. The van der Waals surface area contributed by atoms with Crippen LogP contribution in [0.15, 0.2) is 35.4 Å². The van der Waals surface area contributed by atoms with Gasteiger partial charge in [-0.2, -0.15) is 0 Å². The number of carbonyl (C=O) groups excluding carboxylic acids is 5. The molecule has 0 aromatic heterocycles. The van der Waals surface area contributed by atoms with E-state index in [0.29, 0.717) is 37.4 Å². The molecule has 0 spiro atoms. The molecule has 5 amide bonds. The van der Waals surface area contributed by atoms with E-state index in [4.69, 9.17) is 15.0 Å². The number of azide groups is 1. The average molecular weight is 902 g/mol. The van der Waals surface area contributed by atoms with E-state index < -0.39 is 69.9 Å². The van der Waals surface area contributed by atoms with E-state index in [1.54, 1.807) is 54.1 Å². The molecule has 1 aromatic carbocycles. The molecule has 1 unspecified atom stereocenters. The number of benzene rings is 1. The summed E-state index contributed by atoms with van der Waals surface area (Å²) in [7, 11) is 2.58. The highest BCUT2D eigenvalue weighted by Crippen LogP contribution is 2.41. The van der Waals surface area contributed by atoms with Gasteiger partial charge in [0.2, 0.25) is 33.7 Å². The van der Waals surface area contributed by atoms with Gasteiger partial charge in [-0.15, -0.1) is 0 Å². The number of piperidine rings is 1. The van der Waals surface area contributed by atoms with E-state index in [2.05, 4.69) is 30.3 Å². The minimum Gasteiger partial charge on any atom is -0.379 e. The first-order chi connectivity index (χ1) is 29.9. The first-order valence-electron chi connectivity index (χ1n) is 22.4. The maximum atomic E-state index is 14.4. The van der Waals surface area contributed by atoms with Crippen LogP contribution in [0.1, 0.15) is 91.5 Å². The van der Waals surface area contributed by atoms with Crippen molar-refractivity contribution in [3.8, 4) is 0 Å². The number of hydrogen-bond donors (Lipinski definition) is 3. The molecule has 2 bridgehead atoms. The zero-order valence-electron chi connectivity index (χ0n) is 38.6. The highest BCUT2D eigenvalue weighted by atomic mass is 32.2. The van der Waals surface area contributed by atoms with Crippen molar-refractivity contribution in [3.63, 3.8) is 0 Å². The lowest BCUT2D eigenvalue weighted by atomic mass is 9.89. The predicted molar refractivity (Wildman–Crippen MR) is 238 cm³/mol. The molecule has 2 aliphatic heterocycles. The Balaban J connectivity index is 1.48. The van der Waals surface area contributed by atoms with Gasteiger partial charge < -0.3 is 29.9 Å². The summed E-state index contributed by atoms with van der Waals surface area (Å²) in [6.45, 7) is 9.86. The van der Waals surface area contributed by atoms with E-state index in [1.807, 2.05) is 34.7 Å². The number of fused-ring (bicyclic) bond motifs is 2. The summed E-state index contributed by atoms with van der Waals surface area (Å²) < 4.78 is 39.6. The van der Waals surface area contributed by atoms with E-state index >= 15 is 0 Å². The van der Waals surface area contributed by atoms with E-state index in [1.165, 1.54) is 14.2 Å². The Labute approximate surface area is 373 Å². The Morgan fingerprint density at radius 1 is 1.00 bits per heavy atom. The van der Waals surface area contributed by atoms with Crippen LogP contribution in [0.25, 0.3) is 10.4 Å². The maximum absolute atomic E-state index is 14.4. The van der Waals surface area contributed by atoms with Crippen molar-refractivity contribution in [1.29, 1.82) is 0 Å². The summed E-state index contributed by atoms with van der Waals surface area (Å²) in [5.41, 5.74) is 9.20. The molecule has 2 heterocycles. The number of likely N-dealkylation sites (tertiary alicyclic amines) is 2. The SMILES string of the molecule is CC[C@H](C)[C@@H]([C@@H](CC(=O)N1CCC[C@H]1[C@H](OC)[C@@H](C)C(=O)N[C@@H](Cc1ccccc1)C(=O)NS(=O)(=O)CCCN=[N+]=[N-])OC)N(C)C(=O)C(NC(=O)[C@@H]1[C@H]2CC[C@H](C2)N1C)C(C)C. The molecule has 0 radical (unpaired) electrons. The number of carbonyl (C=O) groups is 5. The second kappa shape index (κ2) is 23.6. The Bertz CT molecular complexity index is 1880. The zero-order valence-corrected chi connectivity index (χ0v) is 39.4. The van der Waals surface area contributed by atoms with Gasteiger partial charge in [-0.25, -0.2) is 8.42 Å². The zero-order chi connectivity index (χ0) is 46.6. The van der Waals surface area contributed by atoms with Gasteiger partial charge in [0.25, 0.3) is 5.91 Å². The normalized spacial score (nSPS) is 23.2. The van der Waals surface area contributed by atoms with Crippen LogP contribution >= 0.6 is 0 Å². The van der Waals surface area contributed by atoms with Crippen molar-refractivity contribution in [1.82, 2.24) is 30.1 Å². The van der Waals surface area contributed by atoms with Gasteiger partial charge in [0.1, 0.15) is 12.1 Å². The van der Waals surface area contributed by atoms with E-state index in [0.717, 1.165) is 19.3 Å². The fourth-order valence-corrected chi connectivity index (χ4v) is 11.0. The van der Waals surface area contributed by atoms with Crippen molar-refractivity contribution < 1.29 is 41.9 Å². The van der Waals surface area contributed by atoms with Gasteiger partial charge in [0.15, 0.2) is 0 Å². The van der Waals surface area contributed by atoms with Crippen molar-refractivity contribution in [2.45, 2.75) is 141 Å². The Hall–Kier alpha value is -4.29. The number of rotatable bonds is 24. The fraction of sp³-hybridized carbons (Fsp3) is 0.750. The number of nitrogens with one attached hydrogen (secondary N) is 3. The maximum Gasteiger partial charge on any atom is 0.256 e. The van der Waals surface area contributed by atoms with Crippen LogP contribution in [-0.4, -0.2) is 148 Å². The molecule has 1 aromatic rings. The standard InChI is InChI=1S/C44H71N9O9S/c1-10-28(4)38(52(7)44(58)37(27(2)3)48-43(57)39-31-19-20-32(25-31)51(39)6)35(61-8)26-36(54)53-22-14-18-34(53)40(62-9)29(5)41(55)47-33(24-30-16-12-11-13-17-30)42(56)49-63(59,60)23-15-21-46-50-45/h11-13,16-17,27-29,31-35,37-40H,10,14-15,18-26H2,1-9H3,(H,47,55)(H,48,57)(H,49,56)/t28-,29+,31-,32+,33-,34-,35+,37?,38-,39-,40+/m0/s1. The van der Waals surface area contributed by atoms with Gasteiger partial charge in [-0.1, -0.05) is 76.5 Å². The minimum absolute atomic E-state index is 0.000799. The van der Waals surface area contributed by atoms with Crippen LogP contribution in [0, 0.1) is 23.7 Å². The summed E-state index contributed by atoms with van der Waals surface area (Å²) in [5, 5.41) is 9.19. The van der Waals surface area contributed by atoms with Crippen molar-refractivity contribution in [2.24, 2.45) is 28.8 Å². The minimum atomic E-state index is -4.11. The molecule has 3 aliphatic rings. The topological polar surface area (TPSA) is 233 Å². The van der Waals surface area contributed by atoms with Gasteiger partial charge in [0.05, 0.1) is 48.4 Å². The number of likely N-dealkylation sites (N-methyl/N-ethyl adjacent to an activating group) is 2. The van der Waals surface area contributed by atoms with Gasteiger partial charge in [-0.3, -0.25) is 33.6 Å². The fourth-order valence-electron chi connectivity index (χ4n) is 9.89. The molecular weight excluding hydrogens is 831 g/mol. The van der Waals surface area contributed by atoms with Gasteiger partial charge >= 0.3 is 0 Å². The summed E-state index contributed by atoms with van der Waals surface area (Å²) in [5.74, 6) is -3.41. The van der Waals surface area contributed by atoms with Crippen molar-refractivity contribution >= 4 is 39.6 Å². The lowest BCUT2D eigenvalue weighted by Gasteiger charge is -2.41. The van der Waals surface area contributed by atoms with Crippen LogP contribution in [0.2, 0.25) is 0 Å². The van der Waals surface area contributed by atoms with E-state index in [-0.39, 0.29) is 67.3 Å². The number of ether oxygens (including phenoxy) is 2. The molecule has 19 heteroatoms. The van der Waals surface area contributed by atoms with Crippen LogP contribution in [0.4, 0.5) is 0 Å². The quantitative estimate of drug-likeness (QED) is 0.0592. The summed E-state index contributed by atoms with van der Waals surface area (Å²) in [6, 6.07) is 5.93. The third-order valence-corrected chi connectivity index (χ3v) is 14.9. The lowest BCUT2D eigenvalue weighted by molar-refractivity contribution is -0.148. The summed E-state index contributed by atoms with van der Waals surface area (Å²) >= 11 is 0. The van der Waals surface area contributed by atoms with Crippen LogP contribution < -0.4 is 15.4 Å². The Morgan fingerprint density at radius 3 is 2.29 bits per heavy atom. The Morgan fingerprint density at radius 2 is 1.70 bits per heavy atom. The molecule has 352 valence electrons. The van der Waals surface area contributed by atoms with Crippen molar-refractivity contribution in [2.75, 3.05) is 47.2 Å². The molecule has 1 saturated carbocycles. The van der Waals surface area contributed by atoms with E-state index in [9.17, 15) is 32.4 Å². The molecule has 63 heavy (non-hydrogen) atoms. The number of hydrogen-bond acceptors (Lipinski definition) is 11. The average Bonchev–Trinajstić information content (AvgIpc) is 4.01. The molecule has 2 saturated heterocycles. The van der Waals surface area contributed by atoms with Crippen LogP contribution in [-0.2, 0) is 49.9 Å². The molecular formula is C44H71N9O9S. The first-order valence-corrected chi connectivity index (χ1v) is 24.1. The molecule has 3 N–H and O–H groups in total. The monoisotopic (exact) mass is 902 g/mol. The van der Waals surface area contributed by atoms with Crippen molar-refractivity contribution in [3.05, 3.63) is 46.3 Å². The van der Waals surface area contributed by atoms with Crippen LogP contribution in [0.3, 0.4) is 0 Å². The highest BCUT2D eigenvalue weighted by molar-refractivity contribution is 7.90. The number of sulfonamides is 1. The first kappa shape index (κ1) is 51.3. The summed E-state index contributed by atoms with van der Waals surface area (Å²) in [6.07, 6.45) is 3.44. The number of methoxy groups -OCH3 is 2. The second-order valence-electron chi connectivity index (χ2n) is 18.0. The molecule has 18 nitrogen and oxygen atoms in total.